The minimum absolute atomic E-state index is 0.193. The summed E-state index contributed by atoms with van der Waals surface area (Å²) >= 11 is 7.33. The second-order valence-corrected chi connectivity index (χ2v) is 7.70. The number of nitrogens with one attached hydrogen (secondary N) is 1. The summed E-state index contributed by atoms with van der Waals surface area (Å²) in [7, 11) is 0. The number of rotatable bonds is 3. The molecule has 0 saturated carbocycles. The van der Waals surface area contributed by atoms with E-state index in [1.54, 1.807) is 18.2 Å². The molecule has 1 amide bonds. The summed E-state index contributed by atoms with van der Waals surface area (Å²) in [5.74, 6) is 0.0144. The molecule has 4 rings (SSSR count). The third-order valence-corrected chi connectivity index (χ3v) is 5.38. The summed E-state index contributed by atoms with van der Waals surface area (Å²) in [6.45, 7) is 1.94. The number of benzene rings is 2. The molecular formula is C21H16ClN3O2S. The van der Waals surface area contributed by atoms with Crippen LogP contribution in [0.4, 0.5) is 5.69 Å². The lowest BCUT2D eigenvalue weighted by Gasteiger charge is -2.06. The number of amidine groups is 1. The van der Waals surface area contributed by atoms with Crippen molar-refractivity contribution in [2.75, 3.05) is 0 Å². The number of aliphatic imine (C=N–C) groups is 1. The predicted molar refractivity (Wildman–Crippen MR) is 114 cm³/mol. The van der Waals surface area contributed by atoms with Gasteiger partial charge in [0.05, 0.1) is 10.6 Å². The molecule has 2 N–H and O–H groups in total. The zero-order valence-corrected chi connectivity index (χ0v) is 16.5. The smallest absolute Gasteiger partial charge is 0.264 e. The summed E-state index contributed by atoms with van der Waals surface area (Å²) < 4.78 is 1.94. The fourth-order valence-corrected chi connectivity index (χ4v) is 3.77. The van der Waals surface area contributed by atoms with Crippen molar-refractivity contribution in [1.82, 2.24) is 9.88 Å². The number of aryl methyl sites for hydroxylation is 1. The molecule has 1 saturated heterocycles. The normalized spacial score (nSPS) is 16.7. The maximum absolute atomic E-state index is 12.4. The molecule has 0 spiro atoms. The number of aromatic nitrogens is 1. The van der Waals surface area contributed by atoms with Gasteiger partial charge in [-0.2, -0.15) is 0 Å². The second kappa shape index (κ2) is 7.58. The Bertz CT molecular complexity index is 1120. The third kappa shape index (κ3) is 3.83. The van der Waals surface area contributed by atoms with Crippen LogP contribution in [-0.2, 0) is 4.79 Å². The van der Waals surface area contributed by atoms with E-state index >= 15 is 0 Å². The van der Waals surface area contributed by atoms with Crippen molar-refractivity contribution in [2.45, 2.75) is 6.92 Å². The highest BCUT2D eigenvalue weighted by Gasteiger charge is 2.24. The number of thioether (sulfide) groups is 1. The zero-order chi connectivity index (χ0) is 19.7. The number of nitrogens with zero attached hydrogens (tertiary/aromatic N) is 2. The lowest BCUT2D eigenvalue weighted by atomic mass is 10.2. The van der Waals surface area contributed by atoms with Crippen molar-refractivity contribution >= 4 is 46.2 Å². The molecule has 5 nitrogen and oxygen atoms in total. The quantitative estimate of drug-likeness (QED) is 0.596. The second-order valence-electron chi connectivity index (χ2n) is 6.23. The summed E-state index contributed by atoms with van der Waals surface area (Å²) in [4.78, 5) is 17.5. The Morgan fingerprint density at radius 1 is 1.18 bits per heavy atom. The van der Waals surface area contributed by atoms with Gasteiger partial charge in [-0.25, -0.2) is 4.99 Å². The van der Waals surface area contributed by atoms with E-state index in [1.165, 1.54) is 11.8 Å². The Hall–Kier alpha value is -2.96. The number of carbonyl (C=O) groups excluding carboxylic acids is 1. The van der Waals surface area contributed by atoms with Crippen LogP contribution in [0.2, 0.25) is 5.02 Å². The van der Waals surface area contributed by atoms with Gasteiger partial charge >= 0.3 is 0 Å². The van der Waals surface area contributed by atoms with Gasteiger partial charge in [0.1, 0.15) is 5.75 Å². The lowest BCUT2D eigenvalue weighted by Crippen LogP contribution is -2.19. The highest BCUT2D eigenvalue weighted by atomic mass is 35.5. The molecule has 2 aromatic carbocycles. The van der Waals surface area contributed by atoms with Crippen molar-refractivity contribution in [3.8, 4) is 11.4 Å². The first-order valence-corrected chi connectivity index (χ1v) is 9.71. The van der Waals surface area contributed by atoms with E-state index in [9.17, 15) is 9.90 Å². The number of amides is 1. The number of phenolic OH excluding ortho intramolecular Hbond substituents is 1. The van der Waals surface area contributed by atoms with Gasteiger partial charge in [-0.3, -0.25) is 4.79 Å². The average Bonchev–Trinajstić information content (AvgIpc) is 3.26. The molecule has 0 radical (unpaired) electrons. The standard InChI is InChI=1S/C21H16ClN3O2S/c1-13-4-5-14(22)11-18(13)23-21-24-20(27)19(28-21)12-16-3-2-10-25(16)15-6-8-17(26)9-7-15/h2-12,26H,1H3,(H,23,24,27)/b19-12+. The molecule has 0 unspecified atom stereocenters. The van der Waals surface area contributed by atoms with Crippen LogP contribution < -0.4 is 5.32 Å². The third-order valence-electron chi connectivity index (χ3n) is 4.23. The number of aromatic hydroxyl groups is 1. The van der Waals surface area contributed by atoms with Gasteiger partial charge in [-0.1, -0.05) is 17.7 Å². The maximum Gasteiger partial charge on any atom is 0.264 e. The van der Waals surface area contributed by atoms with Gasteiger partial charge in [0.2, 0.25) is 0 Å². The molecule has 1 aliphatic heterocycles. The van der Waals surface area contributed by atoms with Crippen molar-refractivity contribution < 1.29 is 9.90 Å². The monoisotopic (exact) mass is 409 g/mol. The van der Waals surface area contributed by atoms with Crippen LogP contribution in [0.15, 0.2) is 70.7 Å². The Morgan fingerprint density at radius 3 is 2.75 bits per heavy atom. The largest absolute Gasteiger partial charge is 0.508 e. The number of carbonyl (C=O) groups is 1. The van der Waals surface area contributed by atoms with E-state index in [0.29, 0.717) is 15.1 Å². The van der Waals surface area contributed by atoms with Crippen LogP contribution in [0.25, 0.3) is 11.8 Å². The molecular weight excluding hydrogens is 394 g/mol. The Labute approximate surface area is 171 Å². The van der Waals surface area contributed by atoms with E-state index in [-0.39, 0.29) is 11.7 Å². The van der Waals surface area contributed by atoms with Crippen molar-refractivity contribution in [2.24, 2.45) is 4.99 Å². The van der Waals surface area contributed by atoms with Crippen LogP contribution in [0.5, 0.6) is 5.75 Å². The molecule has 0 bridgehead atoms. The number of hydrogen-bond donors (Lipinski definition) is 2. The van der Waals surface area contributed by atoms with E-state index in [1.807, 2.05) is 60.2 Å². The molecule has 28 heavy (non-hydrogen) atoms. The molecule has 0 aliphatic carbocycles. The summed E-state index contributed by atoms with van der Waals surface area (Å²) in [6, 6.07) is 16.2. The highest BCUT2D eigenvalue weighted by molar-refractivity contribution is 8.18. The van der Waals surface area contributed by atoms with Gasteiger partial charge in [0.15, 0.2) is 5.17 Å². The Morgan fingerprint density at radius 2 is 1.96 bits per heavy atom. The Balaban J connectivity index is 1.63. The van der Waals surface area contributed by atoms with E-state index in [2.05, 4.69) is 10.3 Å². The fourth-order valence-electron chi connectivity index (χ4n) is 2.79. The Kier molecular flexibility index (Phi) is 4.98. The van der Waals surface area contributed by atoms with Crippen molar-refractivity contribution in [1.29, 1.82) is 0 Å². The van der Waals surface area contributed by atoms with Gasteiger partial charge in [0.25, 0.3) is 5.91 Å². The topological polar surface area (TPSA) is 66.6 Å². The molecule has 2 heterocycles. The predicted octanol–water partition coefficient (Wildman–Crippen LogP) is 5.04. The minimum Gasteiger partial charge on any atom is -0.508 e. The fraction of sp³-hybridized carbons (Fsp3) is 0.0476. The molecule has 7 heteroatoms. The van der Waals surface area contributed by atoms with E-state index in [0.717, 1.165) is 22.6 Å². The molecule has 140 valence electrons. The maximum atomic E-state index is 12.4. The zero-order valence-electron chi connectivity index (χ0n) is 14.9. The highest BCUT2D eigenvalue weighted by Crippen LogP contribution is 2.31. The van der Waals surface area contributed by atoms with E-state index in [4.69, 9.17) is 11.6 Å². The van der Waals surface area contributed by atoms with Crippen molar-refractivity contribution in [3.63, 3.8) is 0 Å². The van der Waals surface area contributed by atoms with Gasteiger partial charge in [0, 0.05) is 22.6 Å². The SMILES string of the molecule is Cc1ccc(Cl)cc1N=C1NC(=O)/C(=C\c2cccn2-c2ccc(O)cc2)S1. The van der Waals surface area contributed by atoms with Gasteiger partial charge in [-0.05, 0) is 78.9 Å². The lowest BCUT2D eigenvalue weighted by molar-refractivity contribution is -0.115. The van der Waals surface area contributed by atoms with Crippen LogP contribution in [0.1, 0.15) is 11.3 Å². The van der Waals surface area contributed by atoms with Gasteiger partial charge in [-0.15, -0.1) is 0 Å². The summed E-state index contributed by atoms with van der Waals surface area (Å²) in [6.07, 6.45) is 3.72. The molecule has 1 aromatic heterocycles. The van der Waals surface area contributed by atoms with E-state index < -0.39 is 0 Å². The van der Waals surface area contributed by atoms with Crippen LogP contribution in [0.3, 0.4) is 0 Å². The number of halogens is 1. The van der Waals surface area contributed by atoms with Gasteiger partial charge < -0.3 is 15.0 Å². The summed E-state index contributed by atoms with van der Waals surface area (Å²) in [5, 5.41) is 13.4. The number of hydrogen-bond acceptors (Lipinski definition) is 4. The number of phenols is 1. The van der Waals surface area contributed by atoms with Crippen LogP contribution in [-0.4, -0.2) is 20.7 Å². The van der Waals surface area contributed by atoms with Crippen molar-refractivity contribution in [3.05, 3.63) is 82.0 Å². The molecule has 0 atom stereocenters. The minimum atomic E-state index is -0.193. The first-order chi connectivity index (χ1) is 13.5. The average molecular weight is 410 g/mol. The first kappa shape index (κ1) is 18.4. The van der Waals surface area contributed by atoms with Crippen LogP contribution >= 0.6 is 23.4 Å². The molecule has 1 aliphatic rings. The first-order valence-electron chi connectivity index (χ1n) is 8.52. The van der Waals surface area contributed by atoms with Crippen LogP contribution in [0, 0.1) is 6.92 Å². The molecule has 1 fully saturated rings. The molecule has 3 aromatic rings. The summed E-state index contributed by atoms with van der Waals surface area (Å²) in [5.41, 5.74) is 3.44.